The first kappa shape index (κ1) is 15.3. The molecule has 1 aliphatic carbocycles. The molecule has 1 aliphatic rings. The van der Waals surface area contributed by atoms with Crippen molar-refractivity contribution in [3.05, 3.63) is 33.9 Å². The second kappa shape index (κ2) is 5.71. The number of rotatable bonds is 4. The number of anilines is 1. The Labute approximate surface area is 124 Å². The zero-order chi connectivity index (χ0) is 15.6. The Morgan fingerprint density at radius 2 is 2.14 bits per heavy atom. The SMILES string of the molecule is CNc1cccc(C(=O)NC2CCCC2(C)C)c1[N+](=O)[O-]. The molecule has 21 heavy (non-hydrogen) atoms. The summed E-state index contributed by atoms with van der Waals surface area (Å²) in [5.74, 6) is -0.376. The van der Waals surface area contributed by atoms with Gasteiger partial charge in [-0.05, 0) is 30.4 Å². The molecule has 6 heteroatoms. The summed E-state index contributed by atoms with van der Waals surface area (Å²) >= 11 is 0. The van der Waals surface area contributed by atoms with Gasteiger partial charge in [-0.1, -0.05) is 26.3 Å². The molecule has 2 N–H and O–H groups in total. The molecule has 1 amide bonds. The minimum Gasteiger partial charge on any atom is -0.383 e. The Kier molecular flexibility index (Phi) is 4.16. The summed E-state index contributed by atoms with van der Waals surface area (Å²) in [5, 5.41) is 17.0. The summed E-state index contributed by atoms with van der Waals surface area (Å²) in [4.78, 5) is 23.2. The van der Waals surface area contributed by atoms with Crippen LogP contribution < -0.4 is 10.6 Å². The molecule has 1 aromatic carbocycles. The molecule has 114 valence electrons. The summed E-state index contributed by atoms with van der Waals surface area (Å²) < 4.78 is 0. The maximum atomic E-state index is 12.4. The van der Waals surface area contributed by atoms with Crippen molar-refractivity contribution in [1.29, 1.82) is 0 Å². The van der Waals surface area contributed by atoms with Crippen molar-refractivity contribution in [2.75, 3.05) is 12.4 Å². The molecule has 0 heterocycles. The summed E-state index contributed by atoms with van der Waals surface area (Å²) in [7, 11) is 1.60. The second-order valence-electron chi connectivity index (χ2n) is 6.12. The van der Waals surface area contributed by atoms with Crippen LogP contribution in [0.4, 0.5) is 11.4 Å². The predicted octanol–water partition coefficient (Wildman–Crippen LogP) is 2.95. The fourth-order valence-corrected chi connectivity index (χ4v) is 2.96. The highest BCUT2D eigenvalue weighted by Crippen LogP contribution is 2.37. The van der Waals surface area contributed by atoms with Crippen LogP contribution in [0.1, 0.15) is 43.5 Å². The lowest BCUT2D eigenvalue weighted by Gasteiger charge is -2.27. The number of nitro groups is 1. The lowest BCUT2D eigenvalue weighted by Crippen LogP contribution is -2.41. The normalized spacial score (nSPS) is 20.0. The number of nitrogens with one attached hydrogen (secondary N) is 2. The molecule has 1 saturated carbocycles. The monoisotopic (exact) mass is 291 g/mol. The molecule has 0 bridgehead atoms. The van der Waals surface area contributed by atoms with E-state index in [2.05, 4.69) is 24.5 Å². The molecule has 6 nitrogen and oxygen atoms in total. The first-order valence-electron chi connectivity index (χ1n) is 7.13. The van der Waals surface area contributed by atoms with E-state index < -0.39 is 4.92 Å². The van der Waals surface area contributed by atoms with Gasteiger partial charge in [0, 0.05) is 13.1 Å². The van der Waals surface area contributed by atoms with Gasteiger partial charge in [0.2, 0.25) is 0 Å². The maximum absolute atomic E-state index is 12.4. The number of nitro benzene ring substituents is 1. The van der Waals surface area contributed by atoms with Gasteiger partial charge in [0.1, 0.15) is 11.3 Å². The van der Waals surface area contributed by atoms with Crippen LogP contribution in [0.5, 0.6) is 0 Å². The smallest absolute Gasteiger partial charge is 0.305 e. The van der Waals surface area contributed by atoms with Gasteiger partial charge >= 0.3 is 5.69 Å². The Morgan fingerprint density at radius 3 is 2.67 bits per heavy atom. The Balaban J connectivity index is 2.29. The number of amides is 1. The standard InChI is InChI=1S/C15H21N3O3/c1-15(2)9-5-8-12(15)17-14(19)10-6-4-7-11(16-3)13(10)18(20)21/h4,6-7,12,16H,5,8-9H2,1-3H3,(H,17,19). The average molecular weight is 291 g/mol. The van der Waals surface area contributed by atoms with E-state index in [-0.39, 0.29) is 28.6 Å². The molecule has 0 spiro atoms. The van der Waals surface area contributed by atoms with Crippen LogP contribution in [0, 0.1) is 15.5 Å². The number of hydrogen-bond donors (Lipinski definition) is 2. The lowest BCUT2D eigenvalue weighted by atomic mass is 9.87. The second-order valence-corrected chi connectivity index (χ2v) is 6.12. The van der Waals surface area contributed by atoms with E-state index >= 15 is 0 Å². The molecule has 1 atom stereocenters. The van der Waals surface area contributed by atoms with Crippen LogP contribution in [0.2, 0.25) is 0 Å². The van der Waals surface area contributed by atoms with Gasteiger partial charge in [-0.25, -0.2) is 0 Å². The Hall–Kier alpha value is -2.11. The summed E-state index contributed by atoms with van der Waals surface area (Å²) in [5.41, 5.74) is 0.312. The molecule has 0 aliphatic heterocycles. The molecule has 0 radical (unpaired) electrons. The van der Waals surface area contributed by atoms with Crippen LogP contribution in [0.15, 0.2) is 18.2 Å². The molecule has 2 rings (SSSR count). The van der Waals surface area contributed by atoms with E-state index in [1.807, 2.05) is 0 Å². The van der Waals surface area contributed by atoms with Crippen molar-refractivity contribution in [1.82, 2.24) is 5.32 Å². The van der Waals surface area contributed by atoms with Crippen molar-refractivity contribution in [3.63, 3.8) is 0 Å². The van der Waals surface area contributed by atoms with Crippen molar-refractivity contribution >= 4 is 17.3 Å². The van der Waals surface area contributed by atoms with E-state index in [0.29, 0.717) is 5.69 Å². The third kappa shape index (κ3) is 2.99. The third-order valence-corrected chi connectivity index (χ3v) is 4.30. The minimum atomic E-state index is -0.513. The maximum Gasteiger partial charge on any atom is 0.305 e. The van der Waals surface area contributed by atoms with Gasteiger partial charge in [-0.2, -0.15) is 0 Å². The van der Waals surface area contributed by atoms with Gasteiger partial charge < -0.3 is 10.6 Å². The minimum absolute atomic E-state index is 0.0328. The number of benzene rings is 1. The van der Waals surface area contributed by atoms with Gasteiger partial charge in [-0.3, -0.25) is 14.9 Å². The first-order chi connectivity index (χ1) is 9.86. The molecule has 1 unspecified atom stereocenters. The van der Waals surface area contributed by atoms with E-state index in [1.165, 1.54) is 6.07 Å². The summed E-state index contributed by atoms with van der Waals surface area (Å²) in [6.07, 6.45) is 3.03. The molecule has 1 aromatic rings. The van der Waals surface area contributed by atoms with E-state index in [9.17, 15) is 14.9 Å². The van der Waals surface area contributed by atoms with E-state index in [0.717, 1.165) is 19.3 Å². The largest absolute Gasteiger partial charge is 0.383 e. The fraction of sp³-hybridized carbons (Fsp3) is 0.533. The number of hydrogen-bond acceptors (Lipinski definition) is 4. The van der Waals surface area contributed by atoms with E-state index in [4.69, 9.17) is 0 Å². The Bertz CT molecular complexity index is 569. The highest BCUT2D eigenvalue weighted by molar-refractivity contribution is 6.00. The molecule has 0 saturated heterocycles. The number of carbonyl (C=O) groups is 1. The van der Waals surface area contributed by atoms with Crippen LogP contribution in [0.25, 0.3) is 0 Å². The molecular formula is C15H21N3O3. The third-order valence-electron chi connectivity index (χ3n) is 4.30. The highest BCUT2D eigenvalue weighted by Gasteiger charge is 2.36. The fourth-order valence-electron chi connectivity index (χ4n) is 2.96. The Morgan fingerprint density at radius 1 is 1.43 bits per heavy atom. The number of nitrogens with zero attached hydrogens (tertiary/aromatic N) is 1. The summed E-state index contributed by atoms with van der Waals surface area (Å²) in [6, 6.07) is 4.79. The number of para-hydroxylation sites is 1. The molecule has 1 fully saturated rings. The van der Waals surface area contributed by atoms with Crippen LogP contribution >= 0.6 is 0 Å². The lowest BCUT2D eigenvalue weighted by molar-refractivity contribution is -0.384. The highest BCUT2D eigenvalue weighted by atomic mass is 16.6. The van der Waals surface area contributed by atoms with Crippen LogP contribution in [0.3, 0.4) is 0 Å². The van der Waals surface area contributed by atoms with Gasteiger partial charge in [0.15, 0.2) is 0 Å². The first-order valence-corrected chi connectivity index (χ1v) is 7.13. The summed E-state index contributed by atoms with van der Waals surface area (Å²) in [6.45, 7) is 4.23. The molecule has 0 aromatic heterocycles. The van der Waals surface area contributed by atoms with Crippen molar-refractivity contribution in [2.24, 2.45) is 5.41 Å². The zero-order valence-corrected chi connectivity index (χ0v) is 12.6. The quantitative estimate of drug-likeness (QED) is 0.660. The number of carbonyl (C=O) groups excluding carboxylic acids is 1. The zero-order valence-electron chi connectivity index (χ0n) is 12.6. The van der Waals surface area contributed by atoms with Gasteiger partial charge in [0.25, 0.3) is 5.91 Å². The van der Waals surface area contributed by atoms with Crippen LogP contribution in [-0.2, 0) is 0 Å². The predicted molar refractivity (Wildman–Crippen MR) is 81.5 cm³/mol. The van der Waals surface area contributed by atoms with Crippen molar-refractivity contribution in [3.8, 4) is 0 Å². The van der Waals surface area contributed by atoms with Crippen molar-refractivity contribution in [2.45, 2.75) is 39.2 Å². The average Bonchev–Trinajstić information content (AvgIpc) is 2.76. The van der Waals surface area contributed by atoms with Gasteiger partial charge in [-0.15, -0.1) is 0 Å². The van der Waals surface area contributed by atoms with Gasteiger partial charge in [0.05, 0.1) is 4.92 Å². The van der Waals surface area contributed by atoms with Crippen LogP contribution in [-0.4, -0.2) is 23.9 Å². The van der Waals surface area contributed by atoms with E-state index in [1.54, 1.807) is 19.2 Å². The topological polar surface area (TPSA) is 84.3 Å². The molecular weight excluding hydrogens is 270 g/mol. The van der Waals surface area contributed by atoms with Crippen molar-refractivity contribution < 1.29 is 9.72 Å².